The van der Waals surface area contributed by atoms with Crippen LogP contribution in [-0.2, 0) is 6.18 Å². The third-order valence-electron chi connectivity index (χ3n) is 2.98. The maximum atomic E-state index is 13.6. The van der Waals surface area contributed by atoms with Crippen LogP contribution in [0.5, 0.6) is 0 Å². The lowest BCUT2D eigenvalue weighted by molar-refractivity contribution is -0.137. The Morgan fingerprint density at radius 3 is 2.50 bits per heavy atom. The zero-order valence-corrected chi connectivity index (χ0v) is 12.8. The molecule has 2 aromatic rings. The average Bonchev–Trinajstić information content (AvgIpc) is 2.51. The first-order chi connectivity index (χ1) is 11.3. The molecule has 0 fully saturated rings. The largest absolute Gasteiger partial charge is 0.417 e. The van der Waals surface area contributed by atoms with Crippen molar-refractivity contribution < 1.29 is 22.4 Å². The summed E-state index contributed by atoms with van der Waals surface area (Å²) in [5.41, 5.74) is -1.40. The molecular formula is C17H10ClF4NO. The van der Waals surface area contributed by atoms with Gasteiger partial charge in [-0.15, -0.1) is 0 Å². The number of hydrogen-bond donors (Lipinski definition) is 1. The minimum absolute atomic E-state index is 0.0668. The lowest BCUT2D eigenvalue weighted by atomic mass is 10.1. The van der Waals surface area contributed by atoms with Gasteiger partial charge in [0.2, 0.25) is 0 Å². The summed E-state index contributed by atoms with van der Waals surface area (Å²) in [6.07, 6.45) is -4.52. The van der Waals surface area contributed by atoms with Crippen LogP contribution in [0.1, 0.15) is 21.5 Å². The molecule has 2 rings (SSSR count). The molecule has 0 aliphatic heterocycles. The third kappa shape index (κ3) is 4.27. The first-order valence-electron chi connectivity index (χ1n) is 6.68. The second-order valence-corrected chi connectivity index (χ2v) is 5.03. The Balaban J connectivity index is 2.09. The standard InChI is InChI=1S/C17H10ClF4NO/c18-13-8-3-9-14(19)15(13)16(24)23-10-4-6-11-5-1-2-7-12(11)17(20,21)22/h1-3,5,7-9H,10H2,(H,23,24). The predicted octanol–water partition coefficient (Wildman–Crippen LogP) is 4.28. The number of nitrogens with one attached hydrogen (secondary N) is 1. The van der Waals surface area contributed by atoms with Gasteiger partial charge in [0.05, 0.1) is 22.7 Å². The molecule has 0 aromatic heterocycles. The number of carbonyl (C=O) groups is 1. The van der Waals surface area contributed by atoms with Crippen LogP contribution in [0.15, 0.2) is 42.5 Å². The fraction of sp³-hybridized carbons (Fsp3) is 0.118. The Labute approximate surface area is 140 Å². The fourth-order valence-electron chi connectivity index (χ4n) is 1.91. The molecule has 0 saturated heterocycles. The highest BCUT2D eigenvalue weighted by Crippen LogP contribution is 2.31. The Morgan fingerprint density at radius 2 is 1.83 bits per heavy atom. The first kappa shape index (κ1) is 17.8. The van der Waals surface area contributed by atoms with E-state index in [-0.39, 0.29) is 22.7 Å². The molecule has 0 unspecified atom stereocenters. The Bertz CT molecular complexity index is 801. The smallest absolute Gasteiger partial charge is 0.341 e. The molecule has 124 valence electrons. The average molecular weight is 356 g/mol. The summed E-state index contributed by atoms with van der Waals surface area (Å²) in [6.45, 7) is -0.254. The molecule has 0 bridgehead atoms. The third-order valence-corrected chi connectivity index (χ3v) is 3.30. The van der Waals surface area contributed by atoms with E-state index in [1.165, 1.54) is 30.3 Å². The Morgan fingerprint density at radius 1 is 1.12 bits per heavy atom. The maximum absolute atomic E-state index is 13.6. The number of amides is 1. The van der Waals surface area contributed by atoms with Gasteiger partial charge in [0.25, 0.3) is 5.91 Å². The van der Waals surface area contributed by atoms with Crippen LogP contribution < -0.4 is 5.32 Å². The topological polar surface area (TPSA) is 29.1 Å². The van der Waals surface area contributed by atoms with Gasteiger partial charge >= 0.3 is 6.18 Å². The molecule has 0 atom stereocenters. The van der Waals surface area contributed by atoms with E-state index in [1.54, 1.807) is 0 Å². The van der Waals surface area contributed by atoms with E-state index in [2.05, 4.69) is 17.2 Å². The van der Waals surface area contributed by atoms with Crippen molar-refractivity contribution in [2.75, 3.05) is 6.54 Å². The monoisotopic (exact) mass is 355 g/mol. The molecule has 0 spiro atoms. The lowest BCUT2D eigenvalue weighted by Gasteiger charge is -2.08. The van der Waals surface area contributed by atoms with Gasteiger partial charge in [0.15, 0.2) is 0 Å². The summed E-state index contributed by atoms with van der Waals surface area (Å²) in [6, 6.07) is 8.61. The minimum Gasteiger partial charge on any atom is -0.341 e. The van der Waals surface area contributed by atoms with E-state index >= 15 is 0 Å². The quantitative estimate of drug-likeness (QED) is 0.632. The Hall–Kier alpha value is -2.52. The van der Waals surface area contributed by atoms with Crippen molar-refractivity contribution in [3.8, 4) is 11.8 Å². The summed E-state index contributed by atoms with van der Waals surface area (Å²) < 4.78 is 52.0. The van der Waals surface area contributed by atoms with Crippen LogP contribution in [0.3, 0.4) is 0 Å². The van der Waals surface area contributed by atoms with E-state index in [0.717, 1.165) is 12.1 Å². The fourth-order valence-corrected chi connectivity index (χ4v) is 2.16. The van der Waals surface area contributed by atoms with Gasteiger partial charge in [-0.2, -0.15) is 13.2 Å². The molecule has 1 N–H and O–H groups in total. The van der Waals surface area contributed by atoms with Gasteiger partial charge in [-0.3, -0.25) is 4.79 Å². The molecule has 0 saturated carbocycles. The van der Waals surface area contributed by atoms with Crippen molar-refractivity contribution in [3.63, 3.8) is 0 Å². The zero-order chi connectivity index (χ0) is 17.7. The molecule has 0 radical (unpaired) electrons. The van der Waals surface area contributed by atoms with Gasteiger partial charge in [-0.1, -0.05) is 41.6 Å². The molecule has 2 aromatic carbocycles. The molecule has 0 aliphatic carbocycles. The summed E-state index contributed by atoms with van der Waals surface area (Å²) in [5.74, 6) is 3.16. The van der Waals surface area contributed by atoms with Crippen LogP contribution in [0.4, 0.5) is 17.6 Å². The lowest BCUT2D eigenvalue weighted by Crippen LogP contribution is -2.25. The van der Waals surface area contributed by atoms with Crippen molar-refractivity contribution in [3.05, 3.63) is 70.0 Å². The van der Waals surface area contributed by atoms with Gasteiger partial charge in [-0.25, -0.2) is 4.39 Å². The highest BCUT2D eigenvalue weighted by Gasteiger charge is 2.32. The van der Waals surface area contributed by atoms with Crippen molar-refractivity contribution in [1.29, 1.82) is 0 Å². The summed E-state index contributed by atoms with van der Waals surface area (Å²) in [4.78, 5) is 11.8. The molecule has 2 nitrogen and oxygen atoms in total. The molecule has 24 heavy (non-hydrogen) atoms. The second-order valence-electron chi connectivity index (χ2n) is 4.62. The normalized spacial score (nSPS) is 10.7. The van der Waals surface area contributed by atoms with Gasteiger partial charge in [-0.05, 0) is 24.3 Å². The van der Waals surface area contributed by atoms with E-state index in [1.807, 2.05) is 0 Å². The number of halogens is 5. The van der Waals surface area contributed by atoms with Crippen molar-refractivity contribution in [2.24, 2.45) is 0 Å². The maximum Gasteiger partial charge on any atom is 0.417 e. The number of carbonyl (C=O) groups excluding carboxylic acids is 1. The van der Waals surface area contributed by atoms with E-state index in [9.17, 15) is 22.4 Å². The molecule has 1 amide bonds. The van der Waals surface area contributed by atoms with Crippen LogP contribution in [0.2, 0.25) is 5.02 Å². The number of rotatable bonds is 2. The number of alkyl halides is 3. The van der Waals surface area contributed by atoms with Crippen LogP contribution in [0, 0.1) is 17.7 Å². The van der Waals surface area contributed by atoms with Crippen molar-refractivity contribution >= 4 is 17.5 Å². The van der Waals surface area contributed by atoms with Crippen molar-refractivity contribution in [2.45, 2.75) is 6.18 Å². The van der Waals surface area contributed by atoms with E-state index < -0.39 is 23.5 Å². The SMILES string of the molecule is O=C(NCC#Cc1ccccc1C(F)(F)F)c1c(F)cccc1Cl. The summed E-state index contributed by atoms with van der Waals surface area (Å²) in [7, 11) is 0. The highest BCUT2D eigenvalue weighted by atomic mass is 35.5. The molecule has 7 heteroatoms. The molecule has 0 heterocycles. The van der Waals surface area contributed by atoms with Gasteiger partial charge in [0.1, 0.15) is 5.82 Å². The van der Waals surface area contributed by atoms with Crippen LogP contribution in [-0.4, -0.2) is 12.5 Å². The minimum atomic E-state index is -4.52. The predicted molar refractivity (Wildman–Crippen MR) is 82.1 cm³/mol. The first-order valence-corrected chi connectivity index (χ1v) is 7.06. The molecular weight excluding hydrogens is 346 g/mol. The van der Waals surface area contributed by atoms with Crippen LogP contribution in [0.25, 0.3) is 0 Å². The molecule has 0 aliphatic rings. The van der Waals surface area contributed by atoms with Crippen LogP contribution >= 0.6 is 11.6 Å². The van der Waals surface area contributed by atoms with E-state index in [4.69, 9.17) is 11.6 Å². The van der Waals surface area contributed by atoms with Gasteiger partial charge < -0.3 is 5.32 Å². The van der Waals surface area contributed by atoms with Crippen molar-refractivity contribution in [1.82, 2.24) is 5.32 Å². The highest BCUT2D eigenvalue weighted by molar-refractivity contribution is 6.33. The van der Waals surface area contributed by atoms with Gasteiger partial charge in [0, 0.05) is 5.56 Å². The second kappa shape index (κ2) is 7.37. The number of benzene rings is 2. The number of hydrogen-bond acceptors (Lipinski definition) is 1. The van der Waals surface area contributed by atoms with E-state index in [0.29, 0.717) is 0 Å². The Kier molecular flexibility index (Phi) is 5.47. The summed E-state index contributed by atoms with van der Waals surface area (Å²) >= 11 is 5.74. The zero-order valence-electron chi connectivity index (χ0n) is 12.0. The summed E-state index contributed by atoms with van der Waals surface area (Å²) in [5, 5.41) is 2.22.